The highest BCUT2D eigenvalue weighted by Crippen LogP contribution is 2.18. The number of guanidine groups is 1. The van der Waals surface area contributed by atoms with E-state index in [1.165, 1.54) is 16.5 Å². The Kier molecular flexibility index (Phi) is 9.62. The van der Waals surface area contributed by atoms with Crippen LogP contribution in [0.3, 0.4) is 0 Å². The number of aryl methyl sites for hydroxylation is 1. The molecule has 1 amide bonds. The van der Waals surface area contributed by atoms with Crippen LogP contribution in [0.1, 0.15) is 39.7 Å². The van der Waals surface area contributed by atoms with Gasteiger partial charge in [-0.05, 0) is 52.2 Å². The van der Waals surface area contributed by atoms with Gasteiger partial charge in [0, 0.05) is 35.7 Å². The minimum Gasteiger partial charge on any atom is -0.361 e. The van der Waals surface area contributed by atoms with Crippen molar-refractivity contribution in [2.45, 2.75) is 46.1 Å². The van der Waals surface area contributed by atoms with E-state index in [0.717, 1.165) is 25.9 Å². The number of halogens is 1. The molecule has 1 aromatic heterocycles. The predicted molar refractivity (Wildman–Crippen MR) is 124 cm³/mol. The smallest absolute Gasteiger partial charge is 0.242 e. The second-order valence-corrected chi connectivity index (χ2v) is 7.38. The van der Waals surface area contributed by atoms with Crippen LogP contribution in [0.4, 0.5) is 0 Å². The number of H-pyrrole nitrogens is 1. The van der Waals surface area contributed by atoms with Gasteiger partial charge in [-0.2, -0.15) is 0 Å². The number of aromatic nitrogens is 1. The molecule has 27 heavy (non-hydrogen) atoms. The van der Waals surface area contributed by atoms with Crippen molar-refractivity contribution >= 4 is 46.7 Å². The molecule has 0 aliphatic rings. The van der Waals surface area contributed by atoms with Gasteiger partial charge in [-0.15, -0.1) is 24.0 Å². The number of fused-ring (bicyclic) bond motifs is 1. The first-order valence-corrected chi connectivity index (χ1v) is 9.27. The molecule has 0 spiro atoms. The summed E-state index contributed by atoms with van der Waals surface area (Å²) in [6, 6.07) is 8.35. The summed E-state index contributed by atoms with van der Waals surface area (Å²) in [6.07, 6.45) is 4.06. The predicted octanol–water partition coefficient (Wildman–Crippen LogP) is 3.19. The zero-order valence-electron chi connectivity index (χ0n) is 16.7. The van der Waals surface area contributed by atoms with Gasteiger partial charge in [0.2, 0.25) is 5.91 Å². The zero-order valence-corrected chi connectivity index (χ0v) is 19.0. The Morgan fingerprint density at radius 2 is 1.93 bits per heavy atom. The highest BCUT2D eigenvalue weighted by molar-refractivity contribution is 14.0. The molecule has 4 N–H and O–H groups in total. The number of carbonyl (C=O) groups excluding carboxylic acids is 1. The molecule has 0 saturated carbocycles. The van der Waals surface area contributed by atoms with Crippen molar-refractivity contribution in [1.29, 1.82) is 0 Å². The largest absolute Gasteiger partial charge is 0.361 e. The first-order chi connectivity index (χ1) is 12.4. The van der Waals surface area contributed by atoms with E-state index in [4.69, 9.17) is 0 Å². The fourth-order valence-corrected chi connectivity index (χ4v) is 2.77. The fraction of sp³-hybridized carbons (Fsp3) is 0.500. The quantitative estimate of drug-likeness (QED) is 0.211. The lowest BCUT2D eigenvalue weighted by Gasteiger charge is -2.20. The van der Waals surface area contributed by atoms with E-state index in [1.807, 2.05) is 33.8 Å². The average molecular weight is 485 g/mol. The number of rotatable bonds is 7. The number of amides is 1. The van der Waals surface area contributed by atoms with Crippen LogP contribution < -0.4 is 16.0 Å². The highest BCUT2D eigenvalue weighted by Gasteiger charge is 2.13. The highest BCUT2D eigenvalue weighted by atomic mass is 127. The molecule has 7 heteroatoms. The van der Waals surface area contributed by atoms with Crippen LogP contribution in [-0.4, -0.2) is 42.0 Å². The third kappa shape index (κ3) is 8.19. The van der Waals surface area contributed by atoms with Crippen molar-refractivity contribution in [3.05, 3.63) is 36.0 Å². The van der Waals surface area contributed by atoms with Crippen molar-refractivity contribution in [2.24, 2.45) is 4.99 Å². The molecule has 6 nitrogen and oxygen atoms in total. The zero-order chi connectivity index (χ0) is 19.0. The van der Waals surface area contributed by atoms with Crippen molar-refractivity contribution < 1.29 is 4.79 Å². The molecule has 2 aromatic rings. The number of aromatic amines is 1. The van der Waals surface area contributed by atoms with Crippen LogP contribution in [0.25, 0.3) is 10.9 Å². The number of nitrogens with one attached hydrogen (secondary N) is 4. The second kappa shape index (κ2) is 11.2. The minimum absolute atomic E-state index is 0. The van der Waals surface area contributed by atoms with E-state index in [1.54, 1.807) is 0 Å². The van der Waals surface area contributed by atoms with Gasteiger partial charge in [0.05, 0.1) is 0 Å². The molecule has 0 bridgehead atoms. The Morgan fingerprint density at radius 1 is 1.19 bits per heavy atom. The van der Waals surface area contributed by atoms with Gasteiger partial charge in [-0.3, -0.25) is 4.79 Å². The van der Waals surface area contributed by atoms with Crippen LogP contribution in [0, 0.1) is 0 Å². The van der Waals surface area contributed by atoms with E-state index in [9.17, 15) is 4.79 Å². The van der Waals surface area contributed by atoms with Crippen LogP contribution >= 0.6 is 24.0 Å². The average Bonchev–Trinajstić information content (AvgIpc) is 2.98. The van der Waals surface area contributed by atoms with Gasteiger partial charge < -0.3 is 20.9 Å². The Morgan fingerprint density at radius 3 is 2.63 bits per heavy atom. The first-order valence-electron chi connectivity index (χ1n) is 9.27. The summed E-state index contributed by atoms with van der Waals surface area (Å²) in [6.45, 7) is 9.57. The molecule has 0 fully saturated rings. The molecule has 0 saturated heterocycles. The standard InChI is InChI=1S/C20H31N5O.HI/c1-5-21-19(24-14-18(26)25-20(2,3)4)22-12-8-9-15-13-23-17-11-7-6-10-16(15)17;/h6-7,10-11,13,23H,5,8-9,12,14H2,1-4H3,(H,25,26)(H2,21,22,24);1H. The molecule has 0 aliphatic heterocycles. The number of nitrogens with zero attached hydrogens (tertiary/aromatic N) is 1. The summed E-state index contributed by atoms with van der Waals surface area (Å²) < 4.78 is 0. The number of benzene rings is 1. The van der Waals surface area contributed by atoms with E-state index < -0.39 is 0 Å². The number of carbonyl (C=O) groups is 1. The van der Waals surface area contributed by atoms with E-state index in [0.29, 0.717) is 5.96 Å². The second-order valence-electron chi connectivity index (χ2n) is 7.38. The summed E-state index contributed by atoms with van der Waals surface area (Å²) in [5.41, 5.74) is 2.27. The van der Waals surface area contributed by atoms with Gasteiger partial charge >= 0.3 is 0 Å². The van der Waals surface area contributed by atoms with Gasteiger partial charge in [-0.1, -0.05) is 18.2 Å². The van der Waals surface area contributed by atoms with Crippen LogP contribution in [-0.2, 0) is 11.2 Å². The molecule has 0 atom stereocenters. The van der Waals surface area contributed by atoms with Gasteiger partial charge in [-0.25, -0.2) is 4.99 Å². The van der Waals surface area contributed by atoms with Crippen molar-refractivity contribution in [2.75, 3.05) is 19.6 Å². The van der Waals surface area contributed by atoms with Crippen molar-refractivity contribution in [3.8, 4) is 0 Å². The first kappa shape index (κ1) is 23.3. The lowest BCUT2D eigenvalue weighted by molar-refractivity contribution is -0.121. The molecule has 2 rings (SSSR count). The SMILES string of the molecule is CCNC(=NCC(=O)NC(C)(C)C)NCCCc1c[nH]c2ccccc12.I. The maximum atomic E-state index is 11.9. The Balaban J connectivity index is 0.00000364. The summed E-state index contributed by atoms with van der Waals surface area (Å²) >= 11 is 0. The van der Waals surface area contributed by atoms with Crippen LogP contribution in [0.5, 0.6) is 0 Å². The maximum Gasteiger partial charge on any atom is 0.242 e. The summed E-state index contributed by atoms with van der Waals surface area (Å²) in [4.78, 5) is 19.6. The van der Waals surface area contributed by atoms with Crippen molar-refractivity contribution in [3.63, 3.8) is 0 Å². The lowest BCUT2D eigenvalue weighted by atomic mass is 10.1. The van der Waals surface area contributed by atoms with Gasteiger partial charge in [0.25, 0.3) is 0 Å². The third-order valence-corrected chi connectivity index (χ3v) is 3.83. The monoisotopic (exact) mass is 485 g/mol. The van der Waals surface area contributed by atoms with Crippen LogP contribution in [0.15, 0.2) is 35.5 Å². The molecule has 1 aromatic carbocycles. The minimum atomic E-state index is -0.238. The third-order valence-electron chi connectivity index (χ3n) is 3.83. The summed E-state index contributed by atoms with van der Waals surface area (Å²) in [5.74, 6) is 0.601. The van der Waals surface area contributed by atoms with Gasteiger partial charge in [0.15, 0.2) is 5.96 Å². The number of hydrogen-bond donors (Lipinski definition) is 4. The van der Waals surface area contributed by atoms with Crippen molar-refractivity contribution in [1.82, 2.24) is 20.9 Å². The van der Waals surface area contributed by atoms with E-state index in [-0.39, 0.29) is 42.0 Å². The Bertz CT molecular complexity index is 748. The molecular formula is C20H32IN5O. The normalized spacial score (nSPS) is 11.8. The topological polar surface area (TPSA) is 81.3 Å². The maximum absolute atomic E-state index is 11.9. The molecule has 0 radical (unpaired) electrons. The van der Waals surface area contributed by atoms with Crippen LogP contribution in [0.2, 0.25) is 0 Å². The van der Waals surface area contributed by atoms with Gasteiger partial charge in [0.1, 0.15) is 6.54 Å². The molecule has 1 heterocycles. The molecular weight excluding hydrogens is 453 g/mol. The fourth-order valence-electron chi connectivity index (χ4n) is 2.77. The van der Waals surface area contributed by atoms with E-state index in [2.05, 4.69) is 50.3 Å². The van der Waals surface area contributed by atoms with E-state index >= 15 is 0 Å². The summed E-state index contributed by atoms with van der Waals surface area (Å²) in [5, 5.41) is 10.7. The summed E-state index contributed by atoms with van der Waals surface area (Å²) in [7, 11) is 0. The Hall–Kier alpha value is -1.77. The number of aliphatic imine (C=N–C) groups is 1. The molecule has 150 valence electrons. The number of hydrogen-bond acceptors (Lipinski definition) is 2. The lowest BCUT2D eigenvalue weighted by Crippen LogP contribution is -2.43. The molecule has 0 unspecified atom stereocenters. The Labute approximate surface area is 179 Å². The molecule has 0 aliphatic carbocycles. The number of para-hydroxylation sites is 1.